The van der Waals surface area contributed by atoms with Crippen LogP contribution in [0.25, 0.3) is 0 Å². The predicted octanol–water partition coefficient (Wildman–Crippen LogP) is -0.0143. The number of anilines is 2. The van der Waals surface area contributed by atoms with Crippen LogP contribution in [0.2, 0.25) is 0 Å². The molecule has 0 aliphatic rings. The van der Waals surface area contributed by atoms with Crippen LogP contribution >= 0.6 is 0 Å². The van der Waals surface area contributed by atoms with Gasteiger partial charge < -0.3 is 15.3 Å². The molecule has 0 atom stereocenters. The van der Waals surface area contributed by atoms with E-state index in [4.69, 9.17) is 5.84 Å². The Morgan fingerprint density at radius 2 is 2.18 bits per heavy atom. The first kappa shape index (κ1) is 11.3. The third kappa shape index (κ3) is 2.67. The zero-order valence-electron chi connectivity index (χ0n) is 9.46. The summed E-state index contributed by atoms with van der Waals surface area (Å²) in [5, 5.41) is 11.0. The highest BCUT2D eigenvalue weighted by atomic mass is 15.3. The van der Waals surface area contributed by atoms with Crippen molar-refractivity contribution in [1.82, 2.24) is 24.7 Å². The van der Waals surface area contributed by atoms with Gasteiger partial charge in [-0.25, -0.2) is 15.8 Å². The number of hydrazine groups is 1. The summed E-state index contributed by atoms with van der Waals surface area (Å²) in [5.74, 6) is 7.35. The number of hydrogen-bond acceptors (Lipinski definition) is 7. The first-order valence-electron chi connectivity index (χ1n) is 5.22. The average Bonchev–Trinajstić information content (AvgIpc) is 2.84. The predicted molar refractivity (Wildman–Crippen MR) is 62.9 cm³/mol. The molecule has 2 heterocycles. The maximum Gasteiger partial charge on any atom is 0.152 e. The van der Waals surface area contributed by atoms with Gasteiger partial charge >= 0.3 is 0 Å². The van der Waals surface area contributed by atoms with Gasteiger partial charge in [-0.3, -0.25) is 0 Å². The molecular formula is C9H14N8. The second kappa shape index (κ2) is 5.21. The van der Waals surface area contributed by atoms with E-state index in [1.807, 2.05) is 11.5 Å². The molecule has 0 saturated carbocycles. The number of nitrogens with two attached hydrogens (primary N) is 1. The fourth-order valence-electron chi connectivity index (χ4n) is 1.38. The van der Waals surface area contributed by atoms with Gasteiger partial charge in [-0.05, 0) is 6.92 Å². The van der Waals surface area contributed by atoms with Crippen molar-refractivity contribution < 1.29 is 0 Å². The van der Waals surface area contributed by atoms with E-state index in [1.54, 1.807) is 12.4 Å². The zero-order chi connectivity index (χ0) is 12.1. The van der Waals surface area contributed by atoms with Gasteiger partial charge in [0.15, 0.2) is 5.82 Å². The van der Waals surface area contributed by atoms with E-state index in [9.17, 15) is 0 Å². The molecule has 8 nitrogen and oxygen atoms in total. The van der Waals surface area contributed by atoms with Crippen molar-refractivity contribution in [1.29, 1.82) is 0 Å². The van der Waals surface area contributed by atoms with Gasteiger partial charge in [0, 0.05) is 12.6 Å². The lowest BCUT2D eigenvalue weighted by molar-refractivity contribution is 0.707. The molecule has 0 spiro atoms. The molecule has 0 amide bonds. The molecule has 4 N–H and O–H groups in total. The maximum atomic E-state index is 5.26. The molecule has 0 aromatic carbocycles. The van der Waals surface area contributed by atoms with Crippen LogP contribution < -0.4 is 16.6 Å². The van der Waals surface area contributed by atoms with E-state index in [2.05, 4.69) is 30.9 Å². The van der Waals surface area contributed by atoms with Crippen molar-refractivity contribution in [2.24, 2.45) is 5.84 Å². The van der Waals surface area contributed by atoms with Crippen molar-refractivity contribution in [2.45, 2.75) is 20.0 Å². The van der Waals surface area contributed by atoms with Crippen molar-refractivity contribution >= 4 is 11.6 Å². The van der Waals surface area contributed by atoms with Crippen molar-refractivity contribution in [3.8, 4) is 0 Å². The van der Waals surface area contributed by atoms with Crippen LogP contribution in [-0.2, 0) is 13.1 Å². The Morgan fingerprint density at radius 1 is 1.35 bits per heavy atom. The average molecular weight is 234 g/mol. The molecule has 0 saturated heterocycles. The summed E-state index contributed by atoms with van der Waals surface area (Å²) in [6, 6.07) is 1.71. The highest BCUT2D eigenvalue weighted by Crippen LogP contribution is 2.08. The molecule has 17 heavy (non-hydrogen) atoms. The van der Waals surface area contributed by atoms with Crippen LogP contribution in [0, 0.1) is 0 Å². The fourth-order valence-corrected chi connectivity index (χ4v) is 1.38. The van der Waals surface area contributed by atoms with E-state index in [1.165, 1.54) is 6.33 Å². The minimum atomic E-state index is 0.550. The van der Waals surface area contributed by atoms with Crippen LogP contribution in [0.15, 0.2) is 18.7 Å². The Balaban J connectivity index is 2.02. The van der Waals surface area contributed by atoms with Crippen LogP contribution in [0.3, 0.4) is 0 Å². The largest absolute Gasteiger partial charge is 0.363 e. The normalized spacial score (nSPS) is 10.2. The summed E-state index contributed by atoms with van der Waals surface area (Å²) >= 11 is 0. The Bertz CT molecular complexity index is 479. The van der Waals surface area contributed by atoms with Crippen molar-refractivity contribution in [3.63, 3.8) is 0 Å². The zero-order valence-corrected chi connectivity index (χ0v) is 9.46. The Kier molecular flexibility index (Phi) is 3.46. The van der Waals surface area contributed by atoms with Gasteiger partial charge in [0.25, 0.3) is 0 Å². The number of rotatable bonds is 5. The van der Waals surface area contributed by atoms with E-state index in [0.717, 1.165) is 12.4 Å². The fraction of sp³-hybridized carbons (Fsp3) is 0.333. The summed E-state index contributed by atoms with van der Waals surface area (Å²) in [4.78, 5) is 7.98. The minimum Gasteiger partial charge on any atom is -0.363 e. The van der Waals surface area contributed by atoms with Gasteiger partial charge in [-0.2, -0.15) is 0 Å². The molecule has 0 bridgehead atoms. The third-order valence-corrected chi connectivity index (χ3v) is 2.28. The minimum absolute atomic E-state index is 0.550. The van der Waals surface area contributed by atoms with Gasteiger partial charge in [-0.15, -0.1) is 10.2 Å². The standard InChI is InChI=1S/C9H14N8/c1-2-17-6-14-16-9(17)4-11-7-3-8(15-10)13-5-12-7/h3,5-6H,2,4,10H2,1H3,(H2,11,12,13,15). The molecule has 0 unspecified atom stereocenters. The smallest absolute Gasteiger partial charge is 0.152 e. The molecular weight excluding hydrogens is 220 g/mol. The summed E-state index contributed by atoms with van der Waals surface area (Å²) in [6.45, 7) is 3.42. The third-order valence-electron chi connectivity index (χ3n) is 2.28. The quantitative estimate of drug-likeness (QED) is 0.493. The van der Waals surface area contributed by atoms with Crippen LogP contribution in [-0.4, -0.2) is 24.7 Å². The summed E-state index contributed by atoms with van der Waals surface area (Å²) in [5.41, 5.74) is 2.46. The topological polar surface area (TPSA) is 107 Å². The number of nitrogen functional groups attached to an aromatic ring is 1. The van der Waals surface area contributed by atoms with Gasteiger partial charge in [-0.1, -0.05) is 0 Å². The summed E-state index contributed by atoms with van der Waals surface area (Å²) < 4.78 is 1.95. The highest BCUT2D eigenvalue weighted by molar-refractivity contribution is 5.45. The number of nitrogens with one attached hydrogen (secondary N) is 2. The van der Waals surface area contributed by atoms with Gasteiger partial charge in [0.1, 0.15) is 24.3 Å². The molecule has 2 aromatic rings. The number of aryl methyl sites for hydroxylation is 1. The van der Waals surface area contributed by atoms with E-state index < -0.39 is 0 Å². The molecule has 2 rings (SSSR count). The number of hydrogen-bond donors (Lipinski definition) is 3. The SMILES string of the molecule is CCn1cnnc1CNc1cc(NN)ncn1. The molecule has 0 fully saturated rings. The van der Waals surface area contributed by atoms with Crippen LogP contribution in [0.1, 0.15) is 12.7 Å². The van der Waals surface area contributed by atoms with Gasteiger partial charge in [0.2, 0.25) is 0 Å². The molecule has 0 aliphatic carbocycles. The first-order chi connectivity index (χ1) is 8.33. The maximum absolute atomic E-state index is 5.26. The highest BCUT2D eigenvalue weighted by Gasteiger charge is 2.03. The molecule has 0 radical (unpaired) electrons. The van der Waals surface area contributed by atoms with E-state index >= 15 is 0 Å². The Hall–Kier alpha value is -2.22. The first-order valence-corrected chi connectivity index (χ1v) is 5.22. The molecule has 0 aliphatic heterocycles. The van der Waals surface area contributed by atoms with E-state index in [0.29, 0.717) is 18.2 Å². The van der Waals surface area contributed by atoms with Crippen LogP contribution in [0.5, 0.6) is 0 Å². The lowest BCUT2D eigenvalue weighted by Gasteiger charge is -2.06. The Morgan fingerprint density at radius 3 is 2.94 bits per heavy atom. The number of nitrogens with zero attached hydrogens (tertiary/aromatic N) is 5. The second-order valence-electron chi connectivity index (χ2n) is 3.32. The molecule has 8 heteroatoms. The van der Waals surface area contributed by atoms with Crippen LogP contribution in [0.4, 0.5) is 11.6 Å². The molecule has 2 aromatic heterocycles. The Labute approximate surface area is 98.3 Å². The van der Waals surface area contributed by atoms with Gasteiger partial charge in [0.05, 0.1) is 6.54 Å². The van der Waals surface area contributed by atoms with E-state index in [-0.39, 0.29) is 0 Å². The molecule has 90 valence electrons. The number of aromatic nitrogens is 5. The summed E-state index contributed by atoms with van der Waals surface area (Å²) in [7, 11) is 0. The summed E-state index contributed by atoms with van der Waals surface area (Å²) in [6.07, 6.45) is 3.13. The second-order valence-corrected chi connectivity index (χ2v) is 3.32. The van der Waals surface area contributed by atoms with Crippen molar-refractivity contribution in [3.05, 3.63) is 24.5 Å². The lowest BCUT2D eigenvalue weighted by atomic mass is 10.5. The van der Waals surface area contributed by atoms with Crippen molar-refractivity contribution in [2.75, 3.05) is 10.7 Å². The monoisotopic (exact) mass is 234 g/mol. The lowest BCUT2D eigenvalue weighted by Crippen LogP contribution is -2.11.